The van der Waals surface area contributed by atoms with Crippen LogP contribution in [-0.2, 0) is 4.79 Å². The van der Waals surface area contributed by atoms with Gasteiger partial charge < -0.3 is 5.32 Å². The second kappa shape index (κ2) is 8.53. The zero-order valence-corrected chi connectivity index (χ0v) is 15.8. The van der Waals surface area contributed by atoms with Crippen LogP contribution in [0.4, 0.5) is 18.9 Å². The SMILES string of the molecule is Cc1nc(-c2cccc(NC(=O)CNC(c3ccccc3)C(F)(F)F)c2)cs1. The van der Waals surface area contributed by atoms with Crippen LogP contribution in [0.15, 0.2) is 60.0 Å². The predicted molar refractivity (Wildman–Crippen MR) is 104 cm³/mol. The van der Waals surface area contributed by atoms with Gasteiger partial charge in [-0.15, -0.1) is 11.3 Å². The van der Waals surface area contributed by atoms with Crippen LogP contribution in [-0.4, -0.2) is 23.6 Å². The lowest BCUT2D eigenvalue weighted by atomic mass is 10.1. The van der Waals surface area contributed by atoms with E-state index < -0.39 is 24.7 Å². The summed E-state index contributed by atoms with van der Waals surface area (Å²) >= 11 is 1.52. The van der Waals surface area contributed by atoms with Crippen LogP contribution < -0.4 is 10.6 Å². The Bertz CT molecular complexity index is 941. The monoisotopic (exact) mass is 405 g/mol. The molecule has 0 bridgehead atoms. The molecular weight excluding hydrogens is 387 g/mol. The van der Waals surface area contributed by atoms with Gasteiger partial charge >= 0.3 is 6.18 Å². The van der Waals surface area contributed by atoms with Crippen molar-refractivity contribution in [2.24, 2.45) is 0 Å². The molecule has 2 aromatic carbocycles. The zero-order valence-electron chi connectivity index (χ0n) is 15.0. The van der Waals surface area contributed by atoms with E-state index in [1.807, 2.05) is 18.4 Å². The standard InChI is InChI=1S/C20H18F3N3OS/c1-13-25-17(12-28-13)15-8-5-9-16(10-15)26-18(27)11-24-19(20(21,22)23)14-6-3-2-4-7-14/h2-10,12,19,24H,11H2,1H3,(H,26,27). The molecule has 8 heteroatoms. The summed E-state index contributed by atoms with van der Waals surface area (Å²) in [5.74, 6) is -0.559. The largest absolute Gasteiger partial charge is 0.407 e. The summed E-state index contributed by atoms with van der Waals surface area (Å²) in [4.78, 5) is 16.6. The number of alkyl halides is 3. The maximum Gasteiger partial charge on any atom is 0.407 e. The Morgan fingerprint density at radius 3 is 2.54 bits per heavy atom. The number of anilines is 1. The number of aromatic nitrogens is 1. The number of thiazole rings is 1. The second-order valence-electron chi connectivity index (χ2n) is 6.15. The lowest BCUT2D eigenvalue weighted by Crippen LogP contribution is -2.38. The molecule has 0 spiro atoms. The number of nitrogens with zero attached hydrogens (tertiary/aromatic N) is 1. The average molecular weight is 405 g/mol. The van der Waals surface area contributed by atoms with Crippen LogP contribution in [0.25, 0.3) is 11.3 Å². The third-order valence-corrected chi connectivity index (χ3v) is 4.76. The molecule has 0 saturated heterocycles. The first kappa shape index (κ1) is 20.0. The van der Waals surface area contributed by atoms with Gasteiger partial charge in [0.25, 0.3) is 0 Å². The van der Waals surface area contributed by atoms with Gasteiger partial charge in [-0.3, -0.25) is 10.1 Å². The normalized spacial score (nSPS) is 12.6. The number of aryl methyl sites for hydroxylation is 1. The predicted octanol–water partition coefficient (Wildman–Crippen LogP) is 4.95. The van der Waals surface area contributed by atoms with Crippen LogP contribution in [0.2, 0.25) is 0 Å². The number of amides is 1. The van der Waals surface area contributed by atoms with Crippen molar-refractivity contribution < 1.29 is 18.0 Å². The minimum Gasteiger partial charge on any atom is -0.325 e. The van der Waals surface area contributed by atoms with Crippen LogP contribution in [0.5, 0.6) is 0 Å². The maximum absolute atomic E-state index is 13.3. The highest BCUT2D eigenvalue weighted by atomic mass is 32.1. The molecule has 1 heterocycles. The Balaban J connectivity index is 1.65. The summed E-state index contributed by atoms with van der Waals surface area (Å²) in [6.45, 7) is 1.42. The quantitative estimate of drug-likeness (QED) is 0.610. The first-order valence-corrected chi connectivity index (χ1v) is 9.38. The molecule has 0 aliphatic carbocycles. The summed E-state index contributed by atoms with van der Waals surface area (Å²) < 4.78 is 40.0. The molecule has 146 valence electrons. The number of carbonyl (C=O) groups is 1. The first-order valence-electron chi connectivity index (χ1n) is 8.50. The van der Waals surface area contributed by atoms with Crippen molar-refractivity contribution in [3.63, 3.8) is 0 Å². The molecule has 1 unspecified atom stereocenters. The van der Waals surface area contributed by atoms with Crippen molar-refractivity contribution in [2.45, 2.75) is 19.1 Å². The topological polar surface area (TPSA) is 54.0 Å². The molecule has 28 heavy (non-hydrogen) atoms. The minimum atomic E-state index is -4.51. The third kappa shape index (κ3) is 5.17. The van der Waals surface area contributed by atoms with E-state index in [1.54, 1.807) is 24.3 Å². The summed E-state index contributed by atoms with van der Waals surface area (Å²) in [6, 6.07) is 12.6. The van der Waals surface area contributed by atoms with Crippen molar-refractivity contribution in [1.82, 2.24) is 10.3 Å². The molecule has 4 nitrogen and oxygen atoms in total. The summed E-state index contributed by atoms with van der Waals surface area (Å²) in [5.41, 5.74) is 2.17. The number of hydrogen-bond donors (Lipinski definition) is 2. The Morgan fingerprint density at radius 2 is 1.89 bits per heavy atom. The zero-order chi connectivity index (χ0) is 20.1. The van der Waals surface area contributed by atoms with Crippen molar-refractivity contribution in [3.05, 3.63) is 70.5 Å². The van der Waals surface area contributed by atoms with Gasteiger partial charge in [0.05, 0.1) is 17.2 Å². The molecule has 0 fully saturated rings. The van der Waals surface area contributed by atoms with E-state index in [1.165, 1.54) is 35.6 Å². The van der Waals surface area contributed by atoms with Crippen molar-refractivity contribution in [3.8, 4) is 11.3 Å². The highest BCUT2D eigenvalue weighted by Gasteiger charge is 2.40. The molecule has 0 aliphatic rings. The average Bonchev–Trinajstić information content (AvgIpc) is 3.08. The number of rotatable bonds is 6. The van der Waals surface area contributed by atoms with E-state index in [0.717, 1.165) is 16.3 Å². The molecular formula is C20H18F3N3OS. The highest BCUT2D eigenvalue weighted by Crippen LogP contribution is 2.32. The molecule has 1 aromatic heterocycles. The molecule has 0 aliphatic heterocycles. The van der Waals surface area contributed by atoms with Crippen molar-refractivity contribution in [2.75, 3.05) is 11.9 Å². The smallest absolute Gasteiger partial charge is 0.325 e. The minimum absolute atomic E-state index is 0.0590. The van der Waals surface area contributed by atoms with E-state index in [-0.39, 0.29) is 5.56 Å². The van der Waals surface area contributed by atoms with Crippen LogP contribution >= 0.6 is 11.3 Å². The number of nitrogens with one attached hydrogen (secondary N) is 2. The molecule has 1 atom stereocenters. The van der Waals surface area contributed by atoms with Gasteiger partial charge in [-0.1, -0.05) is 42.5 Å². The summed E-state index contributed by atoms with van der Waals surface area (Å²) in [7, 11) is 0. The first-order chi connectivity index (χ1) is 13.3. The lowest BCUT2D eigenvalue weighted by molar-refractivity contribution is -0.158. The molecule has 3 rings (SSSR count). The van der Waals surface area contributed by atoms with Gasteiger partial charge in [-0.25, -0.2) is 4.98 Å². The van der Waals surface area contributed by atoms with E-state index in [0.29, 0.717) is 5.69 Å². The number of carbonyl (C=O) groups excluding carboxylic acids is 1. The molecule has 3 aromatic rings. The Labute approximate surface area is 164 Å². The Morgan fingerprint density at radius 1 is 1.14 bits per heavy atom. The van der Waals surface area contributed by atoms with Crippen molar-refractivity contribution in [1.29, 1.82) is 0 Å². The highest BCUT2D eigenvalue weighted by molar-refractivity contribution is 7.09. The Hall–Kier alpha value is -2.71. The van der Waals surface area contributed by atoms with Gasteiger partial charge in [-0.2, -0.15) is 13.2 Å². The van der Waals surface area contributed by atoms with Crippen LogP contribution in [0.3, 0.4) is 0 Å². The lowest BCUT2D eigenvalue weighted by Gasteiger charge is -2.22. The maximum atomic E-state index is 13.3. The van der Waals surface area contributed by atoms with E-state index in [9.17, 15) is 18.0 Å². The number of benzene rings is 2. The second-order valence-corrected chi connectivity index (χ2v) is 7.21. The fourth-order valence-electron chi connectivity index (χ4n) is 2.72. The number of hydrogen-bond acceptors (Lipinski definition) is 4. The van der Waals surface area contributed by atoms with E-state index in [4.69, 9.17) is 0 Å². The van der Waals surface area contributed by atoms with Crippen LogP contribution in [0, 0.1) is 6.92 Å². The van der Waals surface area contributed by atoms with Gasteiger partial charge in [0.1, 0.15) is 6.04 Å². The third-order valence-electron chi connectivity index (χ3n) is 3.99. The van der Waals surface area contributed by atoms with Gasteiger partial charge in [-0.05, 0) is 24.6 Å². The van der Waals surface area contributed by atoms with E-state index >= 15 is 0 Å². The van der Waals surface area contributed by atoms with Crippen LogP contribution in [0.1, 0.15) is 16.6 Å². The van der Waals surface area contributed by atoms with Crippen molar-refractivity contribution >= 4 is 22.9 Å². The summed E-state index contributed by atoms with van der Waals surface area (Å²) in [5, 5.41) is 7.75. The fraction of sp³-hybridized carbons (Fsp3) is 0.200. The molecule has 1 amide bonds. The van der Waals surface area contributed by atoms with Gasteiger partial charge in [0.2, 0.25) is 5.91 Å². The fourth-order valence-corrected chi connectivity index (χ4v) is 3.34. The Kier molecular flexibility index (Phi) is 6.11. The van der Waals surface area contributed by atoms with Gasteiger partial charge in [0, 0.05) is 16.6 Å². The molecule has 0 radical (unpaired) electrons. The number of halogens is 3. The molecule has 2 N–H and O–H groups in total. The molecule has 0 saturated carbocycles. The summed E-state index contributed by atoms with van der Waals surface area (Å²) in [6.07, 6.45) is -4.51. The van der Waals surface area contributed by atoms with Gasteiger partial charge in [0.15, 0.2) is 0 Å². The van der Waals surface area contributed by atoms with E-state index in [2.05, 4.69) is 15.6 Å².